The minimum atomic E-state index is -1.33. The first kappa shape index (κ1) is 27.7. The number of carbonyl (C=O) groups excluding carboxylic acids is 2. The number of allylic oxidation sites excluding steroid dienone is 1. The van der Waals surface area contributed by atoms with Crippen molar-refractivity contribution in [1.82, 2.24) is 4.57 Å². The largest absolute Gasteiger partial charge is 0.545 e. The number of esters is 1. The molecule has 0 saturated heterocycles. The molecule has 0 spiro atoms. The summed E-state index contributed by atoms with van der Waals surface area (Å²) < 4.78 is 23.9. The quantitative estimate of drug-likeness (QED) is 0.294. The van der Waals surface area contributed by atoms with Crippen LogP contribution >= 0.6 is 11.3 Å². The monoisotopic (exact) mass is 573 g/mol. The molecule has 5 rings (SSSR count). The van der Waals surface area contributed by atoms with E-state index in [1.165, 1.54) is 24.9 Å². The van der Waals surface area contributed by atoms with Gasteiger partial charge in [-0.2, -0.15) is 0 Å². The van der Waals surface area contributed by atoms with Crippen molar-refractivity contribution >= 4 is 29.4 Å². The van der Waals surface area contributed by atoms with Crippen LogP contribution in [0.15, 0.2) is 80.1 Å². The maximum atomic E-state index is 13.9. The van der Waals surface area contributed by atoms with E-state index in [1.807, 2.05) is 0 Å². The van der Waals surface area contributed by atoms with Gasteiger partial charge in [0.2, 0.25) is 0 Å². The number of carbonyl (C=O) groups is 2. The van der Waals surface area contributed by atoms with Crippen molar-refractivity contribution in [2.45, 2.75) is 19.9 Å². The van der Waals surface area contributed by atoms with Crippen LogP contribution in [0.4, 0.5) is 0 Å². The van der Waals surface area contributed by atoms with Gasteiger partial charge in [0.15, 0.2) is 4.80 Å². The lowest BCUT2D eigenvalue weighted by Crippen LogP contribution is -2.40. The minimum absolute atomic E-state index is 0.0109. The van der Waals surface area contributed by atoms with Gasteiger partial charge in [0.05, 0.1) is 42.6 Å². The van der Waals surface area contributed by atoms with Crippen molar-refractivity contribution in [3.8, 4) is 22.8 Å². The number of nitrogens with zero attached hydrogens (tertiary/aromatic N) is 2. The van der Waals surface area contributed by atoms with E-state index < -0.39 is 23.5 Å². The predicted molar refractivity (Wildman–Crippen MR) is 148 cm³/mol. The third kappa shape index (κ3) is 5.07. The van der Waals surface area contributed by atoms with Crippen LogP contribution in [-0.4, -0.2) is 37.3 Å². The fourth-order valence-corrected chi connectivity index (χ4v) is 5.74. The molecular formula is C30H25N2O8S-. The van der Waals surface area contributed by atoms with Crippen molar-refractivity contribution in [2.75, 3.05) is 20.8 Å². The molecule has 0 radical (unpaired) electrons. The number of furan rings is 1. The average Bonchev–Trinajstić information content (AvgIpc) is 3.56. The highest BCUT2D eigenvalue weighted by Gasteiger charge is 2.35. The van der Waals surface area contributed by atoms with Crippen LogP contribution in [0.3, 0.4) is 0 Å². The lowest BCUT2D eigenvalue weighted by Gasteiger charge is -2.26. The number of thiazole rings is 1. The van der Waals surface area contributed by atoms with Gasteiger partial charge in [-0.3, -0.25) is 9.36 Å². The van der Waals surface area contributed by atoms with E-state index in [4.69, 9.17) is 18.6 Å². The van der Waals surface area contributed by atoms with E-state index in [9.17, 15) is 19.5 Å². The number of fused-ring (bicyclic) bond motifs is 1. The van der Waals surface area contributed by atoms with Gasteiger partial charge >= 0.3 is 5.97 Å². The summed E-state index contributed by atoms with van der Waals surface area (Å²) in [4.78, 5) is 43.6. The van der Waals surface area contributed by atoms with Crippen LogP contribution in [-0.2, 0) is 9.53 Å². The number of carboxylic acid groups (broad SMARTS) is 1. The molecule has 0 bridgehead atoms. The number of aromatic nitrogens is 1. The highest BCUT2D eigenvalue weighted by Crippen LogP contribution is 2.37. The van der Waals surface area contributed by atoms with Crippen molar-refractivity contribution < 1.29 is 33.3 Å². The van der Waals surface area contributed by atoms with Crippen LogP contribution in [0.1, 0.15) is 41.6 Å². The van der Waals surface area contributed by atoms with Gasteiger partial charge in [-0.15, -0.1) is 0 Å². The van der Waals surface area contributed by atoms with E-state index in [2.05, 4.69) is 4.99 Å². The molecule has 0 fully saturated rings. The smallest absolute Gasteiger partial charge is 0.338 e. The van der Waals surface area contributed by atoms with Crippen LogP contribution < -0.4 is 29.5 Å². The lowest BCUT2D eigenvalue weighted by atomic mass is 9.95. The van der Waals surface area contributed by atoms with E-state index in [0.717, 1.165) is 11.3 Å². The van der Waals surface area contributed by atoms with E-state index in [0.29, 0.717) is 49.2 Å². The molecular weight excluding hydrogens is 548 g/mol. The number of hydrogen-bond donors (Lipinski definition) is 0. The highest BCUT2D eigenvalue weighted by molar-refractivity contribution is 7.07. The van der Waals surface area contributed by atoms with Gasteiger partial charge < -0.3 is 28.5 Å². The normalized spacial score (nSPS) is 14.8. The SMILES string of the molecule is CCOC(=O)C1=C(C)N=c2s/c(=C\c3ccc(-c4ccccc4C(=O)[O-])o3)c(=O)n2[C@H]1c1ccc(OC)cc1OC. The number of ether oxygens (including phenoxy) is 3. The molecule has 0 unspecified atom stereocenters. The van der Waals surface area contributed by atoms with Crippen molar-refractivity contribution in [3.63, 3.8) is 0 Å². The third-order valence-corrected chi connectivity index (χ3v) is 7.55. The Balaban J connectivity index is 1.67. The number of methoxy groups -OCH3 is 2. The molecule has 0 aliphatic carbocycles. The molecule has 41 heavy (non-hydrogen) atoms. The lowest BCUT2D eigenvalue weighted by molar-refractivity contribution is -0.255. The molecule has 0 saturated carbocycles. The Bertz CT molecular complexity index is 1880. The van der Waals surface area contributed by atoms with Crippen LogP contribution in [0, 0.1) is 0 Å². The second-order valence-electron chi connectivity index (χ2n) is 8.95. The molecule has 0 N–H and O–H groups in total. The van der Waals surface area contributed by atoms with Crippen LogP contribution in [0.2, 0.25) is 0 Å². The molecule has 4 aromatic rings. The summed E-state index contributed by atoms with van der Waals surface area (Å²) >= 11 is 1.13. The molecule has 11 heteroatoms. The summed E-state index contributed by atoms with van der Waals surface area (Å²) in [5.74, 6) is -0.307. The summed E-state index contributed by atoms with van der Waals surface area (Å²) in [6.07, 6.45) is 1.56. The Morgan fingerprint density at radius 3 is 2.61 bits per heavy atom. The minimum Gasteiger partial charge on any atom is -0.545 e. The van der Waals surface area contributed by atoms with E-state index in [1.54, 1.807) is 68.5 Å². The first-order valence-corrected chi connectivity index (χ1v) is 13.4. The molecule has 1 aliphatic rings. The standard InChI is InChI=1S/C30H26N2O8S/c1-5-39-29(36)25-16(2)31-30-32(26(25)21-12-10-17(37-3)14-23(21)38-4)27(33)24(41-30)15-18-11-13-22(40-18)19-8-6-7-9-20(19)28(34)35/h6-15,26H,5H2,1-4H3,(H,34,35)/p-1/b24-15-/t26-/m0/s1. The maximum Gasteiger partial charge on any atom is 0.338 e. The Hall–Kier alpha value is -4.90. The molecule has 210 valence electrons. The second-order valence-corrected chi connectivity index (χ2v) is 9.95. The topological polar surface area (TPSA) is 132 Å². The number of rotatable bonds is 8. The fourth-order valence-electron chi connectivity index (χ4n) is 4.71. The number of aromatic carboxylic acids is 1. The second kappa shape index (κ2) is 11.3. The molecule has 1 aliphatic heterocycles. The Morgan fingerprint density at radius 1 is 1.12 bits per heavy atom. The summed E-state index contributed by atoms with van der Waals surface area (Å²) in [5.41, 5.74) is 1.13. The summed E-state index contributed by atoms with van der Waals surface area (Å²) in [7, 11) is 3.03. The van der Waals surface area contributed by atoms with Gasteiger partial charge in [-0.25, -0.2) is 9.79 Å². The zero-order valence-electron chi connectivity index (χ0n) is 22.6. The highest BCUT2D eigenvalue weighted by atomic mass is 32.1. The zero-order chi connectivity index (χ0) is 29.3. The van der Waals surface area contributed by atoms with Crippen molar-refractivity contribution in [3.05, 3.63) is 102 Å². The number of hydrogen-bond acceptors (Lipinski definition) is 10. The van der Waals surface area contributed by atoms with Gasteiger partial charge in [-0.05, 0) is 38.1 Å². The first-order chi connectivity index (χ1) is 19.8. The van der Waals surface area contributed by atoms with Crippen molar-refractivity contribution in [1.29, 1.82) is 0 Å². The van der Waals surface area contributed by atoms with Gasteiger partial charge in [0.1, 0.15) is 29.1 Å². The molecule has 2 aromatic carbocycles. The number of carboxylic acids is 1. The molecule has 0 amide bonds. The Labute approximate surface area is 238 Å². The predicted octanol–water partition coefficient (Wildman–Crippen LogP) is 2.44. The van der Waals surface area contributed by atoms with Gasteiger partial charge in [0.25, 0.3) is 5.56 Å². The van der Waals surface area contributed by atoms with Crippen LogP contribution in [0.5, 0.6) is 11.5 Å². The van der Waals surface area contributed by atoms with Crippen molar-refractivity contribution in [2.24, 2.45) is 4.99 Å². The molecule has 3 heterocycles. The average molecular weight is 574 g/mol. The summed E-state index contributed by atoms with van der Waals surface area (Å²) in [6.45, 7) is 3.54. The van der Waals surface area contributed by atoms with Crippen LogP contribution in [0.25, 0.3) is 17.4 Å². The Kier molecular flexibility index (Phi) is 7.62. The van der Waals surface area contributed by atoms with E-state index in [-0.39, 0.29) is 17.7 Å². The third-order valence-electron chi connectivity index (χ3n) is 6.56. The summed E-state index contributed by atoms with van der Waals surface area (Å²) in [6, 6.07) is 13.9. The molecule has 2 aromatic heterocycles. The van der Waals surface area contributed by atoms with E-state index >= 15 is 0 Å². The number of benzene rings is 2. The summed E-state index contributed by atoms with van der Waals surface area (Å²) in [5, 5.41) is 11.6. The molecule has 1 atom stereocenters. The zero-order valence-corrected chi connectivity index (χ0v) is 23.4. The Morgan fingerprint density at radius 2 is 1.90 bits per heavy atom. The maximum absolute atomic E-state index is 13.9. The first-order valence-electron chi connectivity index (χ1n) is 12.6. The van der Waals surface area contributed by atoms with Gasteiger partial charge in [0, 0.05) is 28.8 Å². The molecule has 10 nitrogen and oxygen atoms in total. The van der Waals surface area contributed by atoms with Gasteiger partial charge in [-0.1, -0.05) is 35.6 Å². The fraction of sp³-hybridized carbons (Fsp3) is 0.200.